The highest BCUT2D eigenvalue weighted by molar-refractivity contribution is 7.92. The number of nitrogens with zero attached hydrogens (tertiary/aromatic N) is 3. The molecule has 10 nitrogen and oxygen atoms in total. The maximum absolute atomic E-state index is 13.4. The SMILES string of the molecule is Cc1cc(Nc2ccc(-c3cc(C4=CCC(OC(N)=O)CC4)ncn3)c(S(=O)(=O)C3CC3)c2)n[nH]1. The number of nitrogens with one attached hydrogen (secondary N) is 2. The van der Waals surface area contributed by atoms with Crippen LogP contribution in [0.1, 0.15) is 43.5 Å². The van der Waals surface area contributed by atoms with Gasteiger partial charge in [-0.15, -0.1) is 0 Å². The minimum absolute atomic E-state index is 0.244. The number of ether oxygens (including phenoxy) is 1. The van der Waals surface area contributed by atoms with Crippen LogP contribution in [0.2, 0.25) is 0 Å². The van der Waals surface area contributed by atoms with E-state index in [0.29, 0.717) is 54.9 Å². The molecule has 2 aromatic heterocycles. The van der Waals surface area contributed by atoms with Crippen molar-refractivity contribution in [2.24, 2.45) is 5.73 Å². The lowest BCUT2D eigenvalue weighted by Crippen LogP contribution is -2.24. The molecule has 1 amide bonds. The van der Waals surface area contributed by atoms with Gasteiger partial charge in [-0.1, -0.05) is 6.08 Å². The van der Waals surface area contributed by atoms with Crippen molar-refractivity contribution in [1.29, 1.82) is 0 Å². The lowest BCUT2D eigenvalue weighted by molar-refractivity contribution is 0.102. The van der Waals surface area contributed by atoms with E-state index in [1.54, 1.807) is 12.1 Å². The summed E-state index contributed by atoms with van der Waals surface area (Å²) in [6, 6.07) is 8.90. The number of aryl methyl sites for hydroxylation is 1. The molecule has 2 aliphatic rings. The van der Waals surface area contributed by atoms with E-state index in [9.17, 15) is 13.2 Å². The Morgan fingerprint density at radius 1 is 1.14 bits per heavy atom. The molecule has 0 aliphatic heterocycles. The average Bonchev–Trinajstić information content (AvgIpc) is 3.63. The zero-order valence-electron chi connectivity index (χ0n) is 19.2. The fourth-order valence-electron chi connectivity index (χ4n) is 4.23. The van der Waals surface area contributed by atoms with E-state index in [2.05, 4.69) is 25.5 Å². The van der Waals surface area contributed by atoms with E-state index < -0.39 is 15.9 Å². The first kappa shape index (κ1) is 23.0. The molecule has 1 saturated carbocycles. The van der Waals surface area contributed by atoms with Crippen LogP contribution in [-0.4, -0.2) is 46.0 Å². The zero-order valence-corrected chi connectivity index (χ0v) is 20.0. The Bertz CT molecular complexity index is 1410. The van der Waals surface area contributed by atoms with Gasteiger partial charge in [-0.05, 0) is 62.4 Å². The van der Waals surface area contributed by atoms with Gasteiger partial charge in [0.25, 0.3) is 0 Å². The summed E-state index contributed by atoms with van der Waals surface area (Å²) in [4.78, 5) is 20.1. The van der Waals surface area contributed by atoms with Gasteiger partial charge in [0.15, 0.2) is 15.7 Å². The second-order valence-corrected chi connectivity index (χ2v) is 11.1. The molecule has 0 bridgehead atoms. The number of hydrogen-bond acceptors (Lipinski definition) is 8. The van der Waals surface area contributed by atoms with Gasteiger partial charge >= 0.3 is 6.09 Å². The first-order valence-electron chi connectivity index (χ1n) is 11.4. The fraction of sp³-hybridized carbons (Fsp3) is 0.333. The monoisotopic (exact) mass is 494 g/mol. The van der Waals surface area contributed by atoms with Gasteiger partial charge in [0.2, 0.25) is 0 Å². The minimum atomic E-state index is -3.51. The van der Waals surface area contributed by atoms with E-state index >= 15 is 0 Å². The molecular weight excluding hydrogens is 468 g/mol. The zero-order chi connectivity index (χ0) is 24.6. The molecule has 1 atom stereocenters. The normalized spacial score (nSPS) is 18.1. The van der Waals surface area contributed by atoms with Gasteiger partial charge in [-0.3, -0.25) is 5.10 Å². The Morgan fingerprint density at radius 3 is 2.60 bits per heavy atom. The molecule has 182 valence electrons. The van der Waals surface area contributed by atoms with Crippen molar-refractivity contribution in [3.8, 4) is 11.3 Å². The van der Waals surface area contributed by atoms with Crippen molar-refractivity contribution in [1.82, 2.24) is 20.2 Å². The van der Waals surface area contributed by atoms with Gasteiger partial charge in [0.05, 0.1) is 21.5 Å². The number of H-pyrrole nitrogens is 1. The lowest BCUT2D eigenvalue weighted by Gasteiger charge is -2.21. The van der Waals surface area contributed by atoms with Gasteiger partial charge < -0.3 is 15.8 Å². The number of carbonyl (C=O) groups excluding carboxylic acids is 1. The Hall–Kier alpha value is -3.73. The van der Waals surface area contributed by atoms with Crippen molar-refractivity contribution in [3.63, 3.8) is 0 Å². The van der Waals surface area contributed by atoms with Gasteiger partial charge in [0.1, 0.15) is 12.4 Å². The van der Waals surface area contributed by atoms with E-state index in [-0.39, 0.29) is 16.2 Å². The van der Waals surface area contributed by atoms with Gasteiger partial charge in [0, 0.05) is 29.4 Å². The maximum atomic E-state index is 13.4. The van der Waals surface area contributed by atoms with Crippen LogP contribution in [-0.2, 0) is 14.6 Å². The Labute approximate surface area is 202 Å². The molecule has 0 radical (unpaired) electrons. The number of aromatic amines is 1. The predicted molar refractivity (Wildman–Crippen MR) is 131 cm³/mol. The molecule has 0 saturated heterocycles. The molecule has 2 heterocycles. The average molecular weight is 495 g/mol. The fourth-order valence-corrected chi connectivity index (χ4v) is 6.12. The van der Waals surface area contributed by atoms with Crippen LogP contribution >= 0.6 is 0 Å². The molecule has 11 heteroatoms. The number of sulfone groups is 1. The van der Waals surface area contributed by atoms with Crippen LogP contribution in [0.25, 0.3) is 16.8 Å². The number of amides is 1. The third-order valence-electron chi connectivity index (χ3n) is 6.15. The first-order chi connectivity index (χ1) is 16.8. The lowest BCUT2D eigenvalue weighted by atomic mass is 9.94. The molecule has 5 rings (SSSR count). The third kappa shape index (κ3) is 5.04. The molecule has 1 aromatic carbocycles. The molecule has 2 aliphatic carbocycles. The number of rotatable bonds is 7. The second-order valence-electron chi connectivity index (χ2n) is 8.87. The van der Waals surface area contributed by atoms with Crippen molar-refractivity contribution < 1.29 is 17.9 Å². The largest absolute Gasteiger partial charge is 0.446 e. The number of hydrogen-bond donors (Lipinski definition) is 3. The number of allylic oxidation sites excluding steroid dienone is 1. The predicted octanol–water partition coefficient (Wildman–Crippen LogP) is 3.89. The van der Waals surface area contributed by atoms with Crippen molar-refractivity contribution in [2.75, 3.05) is 5.32 Å². The van der Waals surface area contributed by atoms with E-state index in [4.69, 9.17) is 10.5 Å². The summed E-state index contributed by atoms with van der Waals surface area (Å²) in [6.07, 6.45) is 5.57. The van der Waals surface area contributed by atoms with Gasteiger partial charge in [-0.2, -0.15) is 5.10 Å². The molecule has 1 fully saturated rings. The molecular formula is C24H26N6O4S. The second kappa shape index (κ2) is 9.14. The number of anilines is 2. The smallest absolute Gasteiger partial charge is 0.404 e. The summed E-state index contributed by atoms with van der Waals surface area (Å²) >= 11 is 0. The van der Waals surface area contributed by atoms with Crippen LogP contribution in [0.15, 0.2) is 47.6 Å². The summed E-state index contributed by atoms with van der Waals surface area (Å²) in [5.74, 6) is 0.609. The van der Waals surface area contributed by atoms with Crippen LogP contribution in [0, 0.1) is 6.92 Å². The summed E-state index contributed by atoms with van der Waals surface area (Å²) < 4.78 is 31.8. The van der Waals surface area contributed by atoms with E-state index in [0.717, 1.165) is 17.0 Å². The highest BCUT2D eigenvalue weighted by Gasteiger charge is 2.38. The number of nitrogens with two attached hydrogens (primary N) is 1. The molecule has 4 N–H and O–H groups in total. The highest BCUT2D eigenvalue weighted by Crippen LogP contribution is 2.39. The molecule has 0 spiro atoms. The molecule has 35 heavy (non-hydrogen) atoms. The van der Waals surface area contributed by atoms with Crippen LogP contribution < -0.4 is 11.1 Å². The quantitative estimate of drug-likeness (QED) is 0.447. The minimum Gasteiger partial charge on any atom is -0.446 e. The van der Waals surface area contributed by atoms with Crippen LogP contribution in [0.3, 0.4) is 0 Å². The number of primary amides is 1. The van der Waals surface area contributed by atoms with E-state index in [1.165, 1.54) is 6.33 Å². The third-order valence-corrected chi connectivity index (χ3v) is 8.45. The van der Waals surface area contributed by atoms with Crippen molar-refractivity contribution >= 4 is 33.0 Å². The number of carbonyl (C=O) groups is 1. The standard InChI is InChI=1S/C24H26N6O4S/c1-14-10-23(30-29-14)28-16-4-9-19(22(11-16)35(32,33)18-7-8-18)21-12-20(26-13-27-21)15-2-5-17(6-3-15)34-24(25)31/h2,4,9-13,17-18H,3,5-8H2,1H3,(H2,25,31)(H2,28,29,30). The van der Waals surface area contributed by atoms with Crippen molar-refractivity contribution in [3.05, 3.63) is 54.1 Å². The van der Waals surface area contributed by atoms with Crippen LogP contribution in [0.5, 0.6) is 0 Å². The summed E-state index contributed by atoms with van der Waals surface area (Å²) in [6.45, 7) is 1.89. The van der Waals surface area contributed by atoms with Gasteiger partial charge in [-0.25, -0.2) is 23.2 Å². The summed E-state index contributed by atoms with van der Waals surface area (Å²) in [7, 11) is -3.51. The topological polar surface area (TPSA) is 153 Å². The Balaban J connectivity index is 1.48. The first-order valence-corrected chi connectivity index (χ1v) is 13.0. The van der Waals surface area contributed by atoms with E-state index in [1.807, 2.05) is 31.2 Å². The summed E-state index contributed by atoms with van der Waals surface area (Å²) in [5.41, 5.74) is 9.44. The maximum Gasteiger partial charge on any atom is 0.404 e. The number of benzene rings is 1. The Morgan fingerprint density at radius 2 is 1.94 bits per heavy atom. The molecule has 3 aromatic rings. The molecule has 1 unspecified atom stereocenters. The summed E-state index contributed by atoms with van der Waals surface area (Å²) in [5, 5.41) is 9.83. The Kier molecular flexibility index (Phi) is 6.01. The highest BCUT2D eigenvalue weighted by atomic mass is 32.2. The number of aromatic nitrogens is 4. The van der Waals surface area contributed by atoms with Crippen LogP contribution in [0.4, 0.5) is 16.3 Å². The van der Waals surface area contributed by atoms with Crippen molar-refractivity contribution in [2.45, 2.75) is 55.3 Å².